The van der Waals surface area contributed by atoms with Gasteiger partial charge in [0.25, 0.3) is 0 Å². The number of carbonyl (C=O) groups is 1. The minimum Gasteiger partial charge on any atom is -0.462 e. The molecule has 0 saturated carbocycles. The van der Waals surface area contributed by atoms with Crippen molar-refractivity contribution in [1.82, 2.24) is 9.88 Å². The Morgan fingerprint density at radius 3 is 2.73 bits per heavy atom. The summed E-state index contributed by atoms with van der Waals surface area (Å²) in [5.74, 6) is -0.283. The van der Waals surface area contributed by atoms with Crippen molar-refractivity contribution in [2.75, 3.05) is 37.7 Å². The van der Waals surface area contributed by atoms with Gasteiger partial charge in [0.05, 0.1) is 24.1 Å². The van der Waals surface area contributed by atoms with Crippen LogP contribution in [0.3, 0.4) is 0 Å². The first-order valence-electron chi connectivity index (χ1n) is 8.39. The molecule has 120 valence electrons. The molecule has 0 amide bonds. The van der Waals surface area contributed by atoms with Crippen molar-refractivity contribution in [3.63, 3.8) is 0 Å². The number of pyridine rings is 1. The maximum Gasteiger partial charge on any atom is 0.339 e. The molecule has 0 aliphatic carbocycles. The van der Waals surface area contributed by atoms with E-state index < -0.39 is 0 Å². The van der Waals surface area contributed by atoms with Gasteiger partial charge in [-0.05, 0) is 51.8 Å². The molecule has 1 aromatic heterocycles. The molecule has 3 fully saturated rings. The summed E-state index contributed by atoms with van der Waals surface area (Å²) >= 11 is 0. The van der Waals surface area contributed by atoms with Gasteiger partial charge < -0.3 is 14.5 Å². The molecule has 0 aromatic carbocycles. The molecule has 5 nitrogen and oxygen atoms in total. The molecule has 4 heterocycles. The lowest BCUT2D eigenvalue weighted by atomic mass is 9.98. The van der Waals surface area contributed by atoms with Crippen molar-refractivity contribution in [1.29, 1.82) is 0 Å². The molecule has 2 bridgehead atoms. The first-order valence-corrected chi connectivity index (χ1v) is 8.39. The zero-order valence-electron chi connectivity index (χ0n) is 13.3. The summed E-state index contributed by atoms with van der Waals surface area (Å²) in [5.41, 5.74) is 1.60. The average Bonchev–Trinajstić information content (AvgIpc) is 2.46. The van der Waals surface area contributed by atoms with Crippen molar-refractivity contribution >= 4 is 11.7 Å². The van der Waals surface area contributed by atoms with Crippen LogP contribution < -0.4 is 4.90 Å². The topological polar surface area (TPSA) is 45.7 Å². The molecule has 0 spiro atoms. The van der Waals surface area contributed by atoms with Gasteiger partial charge >= 0.3 is 5.97 Å². The lowest BCUT2D eigenvalue weighted by molar-refractivity contribution is 0.0526. The number of hydrogen-bond acceptors (Lipinski definition) is 5. The fourth-order valence-corrected chi connectivity index (χ4v) is 3.58. The monoisotopic (exact) mass is 303 g/mol. The van der Waals surface area contributed by atoms with E-state index in [1.165, 1.54) is 38.8 Å². The summed E-state index contributed by atoms with van der Waals surface area (Å²) < 4.78 is 5.09. The Kier molecular flexibility index (Phi) is 4.93. The summed E-state index contributed by atoms with van der Waals surface area (Å²) in [6, 6.07) is 2.51. The van der Waals surface area contributed by atoms with E-state index in [2.05, 4.69) is 14.8 Å². The number of rotatable bonds is 3. The van der Waals surface area contributed by atoms with Gasteiger partial charge in [0.2, 0.25) is 0 Å². The van der Waals surface area contributed by atoms with Crippen LogP contribution >= 0.6 is 0 Å². The van der Waals surface area contributed by atoms with Crippen molar-refractivity contribution in [3.8, 4) is 0 Å². The largest absolute Gasteiger partial charge is 0.462 e. The molecular formula is C17H25N3O2. The van der Waals surface area contributed by atoms with Gasteiger partial charge in [0.1, 0.15) is 0 Å². The predicted molar refractivity (Wildman–Crippen MR) is 86.2 cm³/mol. The molecule has 3 saturated heterocycles. The first-order chi connectivity index (χ1) is 10.8. The van der Waals surface area contributed by atoms with Gasteiger partial charge in [-0.3, -0.25) is 4.98 Å². The van der Waals surface area contributed by atoms with E-state index in [9.17, 15) is 4.79 Å². The maximum absolute atomic E-state index is 11.9. The van der Waals surface area contributed by atoms with Crippen molar-refractivity contribution in [3.05, 3.63) is 24.0 Å². The van der Waals surface area contributed by atoms with Crippen LogP contribution in [0.1, 0.15) is 43.0 Å². The Labute approximate surface area is 132 Å². The molecule has 4 rings (SSSR count). The van der Waals surface area contributed by atoms with Crippen LogP contribution in [-0.2, 0) is 4.74 Å². The smallest absolute Gasteiger partial charge is 0.339 e. The summed E-state index contributed by atoms with van der Waals surface area (Å²) in [5, 5.41) is 0. The minimum absolute atomic E-state index is 0.283. The van der Waals surface area contributed by atoms with Crippen LogP contribution in [0, 0.1) is 0 Å². The highest BCUT2D eigenvalue weighted by Gasteiger charge is 2.26. The van der Waals surface area contributed by atoms with E-state index in [1.807, 2.05) is 19.2 Å². The zero-order valence-corrected chi connectivity index (χ0v) is 13.3. The van der Waals surface area contributed by atoms with Gasteiger partial charge in [-0.15, -0.1) is 0 Å². The van der Waals surface area contributed by atoms with Crippen LogP contribution in [0.5, 0.6) is 0 Å². The second-order valence-corrected chi connectivity index (χ2v) is 6.13. The van der Waals surface area contributed by atoms with Crippen molar-refractivity contribution < 1.29 is 9.53 Å². The number of esters is 1. The molecule has 22 heavy (non-hydrogen) atoms. The highest BCUT2D eigenvalue weighted by Crippen LogP contribution is 2.26. The van der Waals surface area contributed by atoms with E-state index in [0.717, 1.165) is 18.8 Å². The number of anilines is 1. The molecule has 0 N–H and O–H groups in total. The van der Waals surface area contributed by atoms with Gasteiger partial charge in [0.15, 0.2) is 0 Å². The number of carbonyl (C=O) groups excluding carboxylic acids is 1. The van der Waals surface area contributed by atoms with Gasteiger partial charge in [-0.25, -0.2) is 4.79 Å². The minimum atomic E-state index is -0.283. The second kappa shape index (κ2) is 7.09. The van der Waals surface area contributed by atoms with Crippen LogP contribution in [0.25, 0.3) is 0 Å². The summed E-state index contributed by atoms with van der Waals surface area (Å²) in [4.78, 5) is 21.2. The normalized spacial score (nSPS) is 25.2. The van der Waals surface area contributed by atoms with E-state index in [4.69, 9.17) is 4.74 Å². The number of ether oxygens (including phenoxy) is 1. The summed E-state index contributed by atoms with van der Waals surface area (Å²) in [6.07, 6.45) is 8.43. The quantitative estimate of drug-likeness (QED) is 0.802. The molecule has 0 radical (unpaired) electrons. The average molecular weight is 303 g/mol. The van der Waals surface area contributed by atoms with Crippen molar-refractivity contribution in [2.24, 2.45) is 0 Å². The van der Waals surface area contributed by atoms with Gasteiger partial charge in [0, 0.05) is 25.3 Å². The van der Waals surface area contributed by atoms with Crippen molar-refractivity contribution in [2.45, 2.75) is 38.6 Å². The number of aromatic nitrogens is 1. The van der Waals surface area contributed by atoms with E-state index in [0.29, 0.717) is 18.2 Å². The van der Waals surface area contributed by atoms with Gasteiger partial charge in [-0.1, -0.05) is 0 Å². The molecule has 3 aliphatic heterocycles. The highest BCUT2D eigenvalue weighted by atomic mass is 16.5. The van der Waals surface area contributed by atoms with E-state index in [-0.39, 0.29) is 5.97 Å². The Balaban J connectivity index is 1.82. The molecule has 1 aromatic rings. The fraction of sp³-hybridized carbons (Fsp3) is 0.647. The molecule has 0 atom stereocenters. The Hall–Kier alpha value is -1.62. The first kappa shape index (κ1) is 15.3. The lowest BCUT2D eigenvalue weighted by Gasteiger charge is -2.41. The predicted octanol–water partition coefficient (Wildman–Crippen LogP) is 2.32. The maximum atomic E-state index is 11.9. The van der Waals surface area contributed by atoms with E-state index >= 15 is 0 Å². The summed E-state index contributed by atoms with van der Waals surface area (Å²) in [7, 11) is 0. The second-order valence-electron chi connectivity index (χ2n) is 6.13. The number of nitrogens with zero attached hydrogens (tertiary/aromatic N) is 3. The van der Waals surface area contributed by atoms with E-state index in [1.54, 1.807) is 6.20 Å². The third-order valence-electron chi connectivity index (χ3n) is 4.69. The fourth-order valence-electron chi connectivity index (χ4n) is 3.58. The standard InChI is InChI=1S/C17H25N3O2/c1-2-22-17(21)14-11-16(13-18-12-14)20-10-9-19-7-3-5-15(20)6-4-8-19/h11-13,15H,2-10H2,1H3. The van der Waals surface area contributed by atoms with Crippen LogP contribution in [0.15, 0.2) is 18.5 Å². The molecule has 5 heteroatoms. The molecule has 0 unspecified atom stereocenters. The third-order valence-corrected chi connectivity index (χ3v) is 4.69. The Morgan fingerprint density at radius 2 is 2.00 bits per heavy atom. The number of hydrogen-bond donors (Lipinski definition) is 0. The third kappa shape index (κ3) is 3.40. The molecular weight excluding hydrogens is 278 g/mol. The van der Waals surface area contributed by atoms with Crippen LogP contribution in [0.2, 0.25) is 0 Å². The van der Waals surface area contributed by atoms with Gasteiger partial charge in [-0.2, -0.15) is 0 Å². The Bertz CT molecular complexity index is 510. The highest BCUT2D eigenvalue weighted by molar-refractivity contribution is 5.90. The van der Waals surface area contributed by atoms with Crippen LogP contribution in [-0.4, -0.2) is 54.7 Å². The van der Waals surface area contributed by atoms with Crippen LogP contribution in [0.4, 0.5) is 5.69 Å². The lowest BCUT2D eigenvalue weighted by Crippen LogP contribution is -2.47. The summed E-state index contributed by atoms with van der Waals surface area (Å²) in [6.45, 7) is 6.78. The SMILES string of the molecule is CCOC(=O)c1cncc(N2CCN3CCCC2CCC3)c1. The number of fused-ring (bicyclic) bond motifs is 6. The Morgan fingerprint density at radius 1 is 1.23 bits per heavy atom. The zero-order chi connectivity index (χ0) is 15.4. The molecule has 3 aliphatic rings.